The zero-order valence-electron chi connectivity index (χ0n) is 10.2. The molecule has 1 spiro atoms. The number of thioether (sulfide) groups is 1. The van der Waals surface area contributed by atoms with Crippen LogP contribution in [0.4, 0.5) is 0 Å². The van der Waals surface area contributed by atoms with Crippen LogP contribution in [-0.2, 0) is 9.47 Å². The Labute approximate surface area is 103 Å². The number of rotatable bonds is 5. The molecule has 0 aromatic rings. The first-order chi connectivity index (χ1) is 7.85. The molecule has 0 aromatic heterocycles. The van der Waals surface area contributed by atoms with Crippen molar-refractivity contribution in [1.82, 2.24) is 5.32 Å². The van der Waals surface area contributed by atoms with Crippen LogP contribution in [-0.4, -0.2) is 50.0 Å². The zero-order chi connectivity index (χ0) is 11.3. The molecule has 2 fully saturated rings. The average Bonchev–Trinajstić information content (AvgIpc) is 2.73. The van der Waals surface area contributed by atoms with E-state index in [4.69, 9.17) is 9.47 Å². The second-order valence-corrected chi connectivity index (χ2v) is 5.81. The predicted octanol–water partition coefficient (Wildman–Crippen LogP) is 1.67. The van der Waals surface area contributed by atoms with Gasteiger partial charge in [0.1, 0.15) is 0 Å². The summed E-state index contributed by atoms with van der Waals surface area (Å²) < 4.78 is 11.4. The van der Waals surface area contributed by atoms with E-state index in [2.05, 4.69) is 11.6 Å². The second kappa shape index (κ2) is 6.24. The van der Waals surface area contributed by atoms with E-state index in [1.54, 1.807) is 0 Å². The molecule has 2 aliphatic rings. The Morgan fingerprint density at radius 1 is 1.44 bits per heavy atom. The van der Waals surface area contributed by atoms with Crippen molar-refractivity contribution in [2.24, 2.45) is 0 Å². The zero-order valence-corrected chi connectivity index (χ0v) is 11.0. The normalized spacial score (nSPS) is 34.7. The number of hydrogen-bond donors (Lipinski definition) is 1. The Bertz CT molecular complexity index is 207. The van der Waals surface area contributed by atoms with Crippen LogP contribution in [0.15, 0.2) is 0 Å². The van der Waals surface area contributed by atoms with Crippen molar-refractivity contribution in [3.8, 4) is 0 Å². The van der Waals surface area contributed by atoms with Crippen molar-refractivity contribution in [3.05, 3.63) is 0 Å². The maximum Gasteiger partial charge on any atom is 0.0951 e. The van der Waals surface area contributed by atoms with Gasteiger partial charge in [-0.15, -0.1) is 0 Å². The van der Waals surface area contributed by atoms with Crippen molar-refractivity contribution < 1.29 is 9.47 Å². The highest BCUT2D eigenvalue weighted by Crippen LogP contribution is 2.32. The summed E-state index contributed by atoms with van der Waals surface area (Å²) in [5, 5.41) is 3.66. The van der Waals surface area contributed by atoms with Crippen LogP contribution in [0.1, 0.15) is 25.7 Å². The van der Waals surface area contributed by atoms with E-state index < -0.39 is 0 Å². The van der Waals surface area contributed by atoms with Gasteiger partial charge in [0, 0.05) is 25.7 Å². The van der Waals surface area contributed by atoms with Gasteiger partial charge in [-0.05, 0) is 37.8 Å². The maximum absolute atomic E-state index is 5.92. The summed E-state index contributed by atoms with van der Waals surface area (Å²) in [5.74, 6) is 1.25. The lowest BCUT2D eigenvalue weighted by molar-refractivity contribution is -0.0892. The van der Waals surface area contributed by atoms with Crippen LogP contribution in [0.3, 0.4) is 0 Å². The Balaban J connectivity index is 1.70. The minimum absolute atomic E-state index is 0.0510. The SMILES string of the molecule is CSCCCNC1CCOC2(CCOC2)C1. The van der Waals surface area contributed by atoms with Gasteiger partial charge in [-0.3, -0.25) is 0 Å². The lowest BCUT2D eigenvalue weighted by Gasteiger charge is -2.37. The summed E-state index contributed by atoms with van der Waals surface area (Å²) in [4.78, 5) is 0. The molecule has 2 heterocycles. The van der Waals surface area contributed by atoms with E-state index in [1.165, 1.54) is 12.2 Å². The fourth-order valence-electron chi connectivity index (χ4n) is 2.59. The van der Waals surface area contributed by atoms with E-state index in [1.807, 2.05) is 11.8 Å². The molecule has 94 valence electrons. The smallest absolute Gasteiger partial charge is 0.0951 e. The molecule has 0 aliphatic carbocycles. The summed E-state index contributed by atoms with van der Waals surface area (Å²) in [5.41, 5.74) is 0.0510. The molecular weight excluding hydrogens is 222 g/mol. The second-order valence-electron chi connectivity index (χ2n) is 4.82. The lowest BCUT2D eigenvalue weighted by Crippen LogP contribution is -2.47. The molecule has 2 saturated heterocycles. The van der Waals surface area contributed by atoms with Crippen LogP contribution >= 0.6 is 11.8 Å². The summed E-state index contributed by atoms with van der Waals surface area (Å²) >= 11 is 1.92. The first-order valence-corrected chi connectivity index (χ1v) is 7.68. The van der Waals surface area contributed by atoms with Gasteiger partial charge >= 0.3 is 0 Å². The molecule has 0 radical (unpaired) electrons. The van der Waals surface area contributed by atoms with Gasteiger partial charge in [0.15, 0.2) is 0 Å². The maximum atomic E-state index is 5.92. The number of hydrogen-bond acceptors (Lipinski definition) is 4. The highest BCUT2D eigenvalue weighted by molar-refractivity contribution is 7.98. The highest BCUT2D eigenvalue weighted by atomic mass is 32.2. The van der Waals surface area contributed by atoms with Crippen molar-refractivity contribution in [2.75, 3.05) is 38.4 Å². The molecule has 2 atom stereocenters. The van der Waals surface area contributed by atoms with Crippen molar-refractivity contribution in [2.45, 2.75) is 37.3 Å². The summed E-state index contributed by atoms with van der Waals surface area (Å²) in [7, 11) is 0. The van der Waals surface area contributed by atoms with Crippen LogP contribution in [0.25, 0.3) is 0 Å². The van der Waals surface area contributed by atoms with Gasteiger partial charge < -0.3 is 14.8 Å². The van der Waals surface area contributed by atoms with Gasteiger partial charge in [0.05, 0.1) is 12.2 Å². The van der Waals surface area contributed by atoms with Gasteiger partial charge in [0.2, 0.25) is 0 Å². The topological polar surface area (TPSA) is 30.5 Å². The molecule has 3 nitrogen and oxygen atoms in total. The van der Waals surface area contributed by atoms with Crippen molar-refractivity contribution in [3.63, 3.8) is 0 Å². The molecule has 0 amide bonds. The third kappa shape index (κ3) is 3.36. The number of ether oxygens (including phenoxy) is 2. The summed E-state index contributed by atoms with van der Waals surface area (Å²) in [6.07, 6.45) is 6.80. The molecule has 0 aromatic carbocycles. The largest absolute Gasteiger partial charge is 0.378 e. The van der Waals surface area contributed by atoms with Crippen molar-refractivity contribution in [1.29, 1.82) is 0 Å². The molecule has 4 heteroatoms. The average molecular weight is 245 g/mol. The summed E-state index contributed by atoms with van der Waals surface area (Å²) in [6.45, 7) is 3.71. The molecular formula is C12H23NO2S. The summed E-state index contributed by atoms with van der Waals surface area (Å²) in [6, 6.07) is 0.636. The fourth-order valence-corrected chi connectivity index (χ4v) is 3.02. The van der Waals surface area contributed by atoms with E-state index in [-0.39, 0.29) is 5.60 Å². The minimum Gasteiger partial charge on any atom is -0.378 e. The van der Waals surface area contributed by atoms with Gasteiger partial charge in [-0.1, -0.05) is 0 Å². The third-order valence-electron chi connectivity index (χ3n) is 3.52. The molecule has 2 aliphatic heterocycles. The molecule has 2 unspecified atom stereocenters. The standard InChI is InChI=1S/C12H23NO2S/c1-16-8-2-5-13-11-3-6-15-12(9-11)4-7-14-10-12/h11,13H,2-10H2,1H3. The van der Waals surface area contributed by atoms with E-state index in [9.17, 15) is 0 Å². The Morgan fingerprint density at radius 3 is 3.12 bits per heavy atom. The lowest BCUT2D eigenvalue weighted by atomic mass is 9.90. The predicted molar refractivity (Wildman–Crippen MR) is 68.1 cm³/mol. The molecule has 1 N–H and O–H groups in total. The van der Waals surface area contributed by atoms with Gasteiger partial charge in [0.25, 0.3) is 0 Å². The third-order valence-corrected chi connectivity index (χ3v) is 4.22. The Hall–Kier alpha value is 0.230. The van der Waals surface area contributed by atoms with Crippen LogP contribution < -0.4 is 5.32 Å². The first kappa shape index (κ1) is 12.7. The van der Waals surface area contributed by atoms with Crippen LogP contribution in [0.5, 0.6) is 0 Å². The molecule has 16 heavy (non-hydrogen) atoms. The first-order valence-electron chi connectivity index (χ1n) is 6.29. The quantitative estimate of drug-likeness (QED) is 0.746. The van der Waals surface area contributed by atoms with Gasteiger partial charge in [-0.25, -0.2) is 0 Å². The molecule has 0 bridgehead atoms. The fraction of sp³-hybridized carbons (Fsp3) is 1.00. The van der Waals surface area contributed by atoms with E-state index in [0.29, 0.717) is 6.04 Å². The molecule has 2 rings (SSSR count). The Kier molecular flexibility index (Phi) is 4.95. The monoisotopic (exact) mass is 245 g/mol. The highest BCUT2D eigenvalue weighted by Gasteiger charge is 2.40. The van der Waals surface area contributed by atoms with Gasteiger partial charge in [-0.2, -0.15) is 11.8 Å². The van der Waals surface area contributed by atoms with Crippen LogP contribution in [0, 0.1) is 0 Å². The molecule has 0 saturated carbocycles. The Morgan fingerprint density at radius 2 is 2.38 bits per heavy atom. The van der Waals surface area contributed by atoms with Crippen LogP contribution in [0.2, 0.25) is 0 Å². The minimum atomic E-state index is 0.0510. The van der Waals surface area contributed by atoms with E-state index in [0.717, 1.165) is 45.6 Å². The number of nitrogens with one attached hydrogen (secondary N) is 1. The van der Waals surface area contributed by atoms with E-state index >= 15 is 0 Å². The van der Waals surface area contributed by atoms with Crippen molar-refractivity contribution >= 4 is 11.8 Å².